The van der Waals surface area contributed by atoms with Gasteiger partial charge in [0.25, 0.3) is 0 Å². The normalized spacial score (nSPS) is 0. The van der Waals surface area contributed by atoms with Crippen LogP contribution in [0.2, 0.25) is 0 Å². The van der Waals surface area contributed by atoms with E-state index in [9.17, 15) is 0 Å². The predicted octanol–water partition coefficient (Wildman–Crippen LogP) is -0.359. The van der Waals surface area contributed by atoms with Crippen LogP contribution in [0.3, 0.4) is 0 Å². The van der Waals surface area contributed by atoms with Gasteiger partial charge in [-0.05, 0) is 0 Å². The van der Waals surface area contributed by atoms with Crippen LogP contribution in [-0.4, -0.2) is 0 Å². The first-order valence-corrected chi connectivity index (χ1v) is 0. The zero-order valence-corrected chi connectivity index (χ0v) is 4.74. The molecule has 3 nitrogen and oxygen atoms in total. The molecule has 0 amide bonds. The summed E-state index contributed by atoms with van der Waals surface area (Å²) >= 11 is 0. The molecule has 0 aliphatic rings. The first-order chi connectivity index (χ1) is 0. The molecule has 0 atom stereocenters. The quantitative estimate of drug-likeness (QED) is 0.540. The van der Waals surface area contributed by atoms with E-state index in [1.807, 2.05) is 0 Å². The molecule has 0 heterocycles. The monoisotopic (exact) mass is 273 g/mol. The van der Waals surface area contributed by atoms with Crippen molar-refractivity contribution in [3.63, 3.8) is 0 Å². The van der Waals surface area contributed by atoms with Gasteiger partial charge in [-0.15, -0.1) is 0 Å². The van der Waals surface area contributed by atoms with Gasteiger partial charge in [0, 0.05) is 0 Å². The van der Waals surface area contributed by atoms with Gasteiger partial charge < -0.3 is 16.4 Å². The summed E-state index contributed by atoms with van der Waals surface area (Å²) in [5.41, 5.74) is 0. The van der Waals surface area contributed by atoms with Gasteiger partial charge in [0.15, 0.2) is 0 Å². The summed E-state index contributed by atoms with van der Waals surface area (Å²) in [6.45, 7) is 0. The second-order valence-electron chi connectivity index (χ2n) is 0. The third-order valence-corrected chi connectivity index (χ3v) is 0. The largest absolute Gasteiger partial charge is 3.00 e. The van der Waals surface area contributed by atoms with Crippen molar-refractivity contribution in [2.45, 2.75) is 0 Å². The molecule has 0 aromatic rings. The van der Waals surface area contributed by atoms with Crippen molar-refractivity contribution < 1.29 is 70.4 Å². The molecule has 0 unspecified atom stereocenters. The van der Waals surface area contributed by atoms with Gasteiger partial charge in [-0.3, -0.25) is 0 Å². The molecule has 0 N–H and O–H groups in total. The SMILES string of the molecule is [Fe+3].[O-2].[O-2].[O-2].[Tm+3]. The average molecular weight is 273 g/mol. The van der Waals surface area contributed by atoms with Crippen LogP contribution in [-0.2, 0) is 33.5 Å². The van der Waals surface area contributed by atoms with E-state index in [-0.39, 0.29) is 70.4 Å². The van der Waals surface area contributed by atoms with Crippen molar-refractivity contribution in [1.82, 2.24) is 0 Å². The molecule has 5 heteroatoms. The molecule has 0 saturated carbocycles. The fourth-order valence-electron chi connectivity index (χ4n) is 0. The van der Waals surface area contributed by atoms with Crippen LogP contribution in [0.15, 0.2) is 0 Å². The summed E-state index contributed by atoms with van der Waals surface area (Å²) in [5, 5.41) is 0. The molecule has 5 heavy (non-hydrogen) atoms. The van der Waals surface area contributed by atoms with Crippen LogP contribution in [0.5, 0.6) is 0 Å². The predicted molar refractivity (Wildman–Crippen MR) is 2.06 cm³/mol. The Balaban J connectivity index is 0. The Morgan fingerprint density at radius 1 is 0.600 bits per heavy atom. The average Bonchev–Trinajstić information content (AvgIpc) is 0. The van der Waals surface area contributed by atoms with Crippen LogP contribution in [0.25, 0.3) is 0 Å². The van der Waals surface area contributed by atoms with Crippen LogP contribution in [0.4, 0.5) is 0 Å². The van der Waals surface area contributed by atoms with Gasteiger partial charge in [-0.2, -0.15) is 0 Å². The van der Waals surface area contributed by atoms with E-state index in [4.69, 9.17) is 0 Å². The Morgan fingerprint density at radius 3 is 0.600 bits per heavy atom. The van der Waals surface area contributed by atoms with Crippen molar-refractivity contribution in [3.05, 3.63) is 0 Å². The molecule has 39 valence electrons. The minimum atomic E-state index is 0. The first kappa shape index (κ1) is 78.9. The summed E-state index contributed by atoms with van der Waals surface area (Å²) in [5.74, 6) is 0. The van der Waals surface area contributed by atoms with Crippen LogP contribution in [0.1, 0.15) is 0 Å². The molecule has 0 aromatic heterocycles. The topological polar surface area (TPSA) is 85.5 Å². The summed E-state index contributed by atoms with van der Waals surface area (Å²) in [4.78, 5) is 0. The number of rotatable bonds is 0. The number of hydrogen-bond acceptors (Lipinski definition) is 0. The molecular formula is FeO3Tm. The molecule has 0 bridgehead atoms. The van der Waals surface area contributed by atoms with Crippen molar-refractivity contribution in [2.24, 2.45) is 0 Å². The van der Waals surface area contributed by atoms with E-state index < -0.39 is 0 Å². The molecule has 0 rings (SSSR count). The molecular weight excluding hydrogens is 273 g/mol. The van der Waals surface area contributed by atoms with E-state index in [0.717, 1.165) is 0 Å². The third kappa shape index (κ3) is 27.9. The van der Waals surface area contributed by atoms with E-state index in [1.54, 1.807) is 0 Å². The summed E-state index contributed by atoms with van der Waals surface area (Å²) < 4.78 is 0. The van der Waals surface area contributed by atoms with Gasteiger partial charge >= 0.3 is 53.9 Å². The van der Waals surface area contributed by atoms with Crippen LogP contribution >= 0.6 is 0 Å². The Hall–Kier alpha value is 1.63. The standard InChI is InChI=1S/Fe.3O.Tm/q+3;3*-2;+3. The van der Waals surface area contributed by atoms with E-state index in [1.165, 1.54) is 0 Å². The van der Waals surface area contributed by atoms with Crippen molar-refractivity contribution in [1.29, 1.82) is 0 Å². The third-order valence-electron chi connectivity index (χ3n) is 0. The second kappa shape index (κ2) is 45.3. The smallest absolute Gasteiger partial charge is 2.00 e. The summed E-state index contributed by atoms with van der Waals surface area (Å²) in [6, 6.07) is 0. The molecule has 0 saturated heterocycles. The molecule has 0 fully saturated rings. The number of hydrogen-bond donors (Lipinski definition) is 0. The maximum absolute atomic E-state index is 0. The minimum Gasteiger partial charge on any atom is -2.00 e. The van der Waals surface area contributed by atoms with E-state index in [2.05, 4.69) is 0 Å². The minimum absolute atomic E-state index is 0. The second-order valence-corrected chi connectivity index (χ2v) is 0. The Labute approximate surface area is 69.7 Å². The fourth-order valence-corrected chi connectivity index (χ4v) is 0. The van der Waals surface area contributed by atoms with Crippen LogP contribution < -0.4 is 0 Å². The van der Waals surface area contributed by atoms with Gasteiger partial charge in [0.05, 0.1) is 0 Å². The fraction of sp³-hybridized carbons (Fsp3) is 0. The van der Waals surface area contributed by atoms with Crippen molar-refractivity contribution in [3.8, 4) is 0 Å². The zero-order chi connectivity index (χ0) is 0. The molecule has 0 aromatic carbocycles. The Morgan fingerprint density at radius 2 is 0.600 bits per heavy atom. The van der Waals surface area contributed by atoms with Gasteiger partial charge in [-0.25, -0.2) is 0 Å². The maximum Gasteiger partial charge on any atom is 3.00 e. The van der Waals surface area contributed by atoms with Crippen LogP contribution in [0, 0.1) is 36.9 Å². The van der Waals surface area contributed by atoms with Gasteiger partial charge in [-0.1, -0.05) is 0 Å². The molecule has 0 spiro atoms. The molecule has 0 aliphatic carbocycles. The van der Waals surface area contributed by atoms with Crippen molar-refractivity contribution in [2.75, 3.05) is 0 Å². The Bertz CT molecular complexity index is 6.85. The Kier molecular flexibility index (Phi) is 715. The molecule has 0 aliphatic heterocycles. The van der Waals surface area contributed by atoms with E-state index in [0.29, 0.717) is 0 Å². The van der Waals surface area contributed by atoms with Gasteiger partial charge in [0.2, 0.25) is 0 Å². The summed E-state index contributed by atoms with van der Waals surface area (Å²) in [7, 11) is 0. The van der Waals surface area contributed by atoms with Gasteiger partial charge in [0.1, 0.15) is 0 Å². The van der Waals surface area contributed by atoms with Crippen molar-refractivity contribution >= 4 is 0 Å². The maximum atomic E-state index is 0. The summed E-state index contributed by atoms with van der Waals surface area (Å²) in [6.07, 6.45) is 0. The first-order valence-electron chi connectivity index (χ1n) is 0. The van der Waals surface area contributed by atoms with E-state index >= 15 is 0 Å². The zero-order valence-electron chi connectivity index (χ0n) is 1.86. The molecule has 1 radical (unpaired) electrons.